The molecule has 0 spiro atoms. The van der Waals surface area contributed by atoms with Crippen molar-refractivity contribution >= 4 is 17.9 Å². The van der Waals surface area contributed by atoms with Gasteiger partial charge in [-0.15, -0.1) is 0 Å². The number of nitrogens with two attached hydrogens (primary N) is 1. The smallest absolute Gasteiger partial charge is 0.410 e. The number of benzene rings is 2. The Morgan fingerprint density at radius 1 is 1.10 bits per heavy atom. The maximum Gasteiger partial charge on any atom is 0.410 e. The van der Waals surface area contributed by atoms with Crippen LogP contribution in [0.25, 0.3) is 11.1 Å². The largest absolute Gasteiger partial charge is 0.448 e. The van der Waals surface area contributed by atoms with Crippen LogP contribution in [0.4, 0.5) is 4.79 Å². The fourth-order valence-electron chi connectivity index (χ4n) is 4.58. The van der Waals surface area contributed by atoms with E-state index in [0.29, 0.717) is 25.8 Å². The average Bonchev–Trinajstić information content (AvgIpc) is 3.39. The molecule has 2 atom stereocenters. The third-order valence-electron chi connectivity index (χ3n) is 6.19. The van der Waals surface area contributed by atoms with E-state index in [-0.39, 0.29) is 18.4 Å². The molecule has 1 saturated heterocycles. The first-order valence-corrected chi connectivity index (χ1v) is 10.7. The van der Waals surface area contributed by atoms with Crippen molar-refractivity contribution in [2.24, 2.45) is 5.73 Å². The molecule has 0 saturated carbocycles. The van der Waals surface area contributed by atoms with Crippen molar-refractivity contribution in [1.29, 1.82) is 0 Å². The monoisotopic (exact) mass is 421 g/mol. The molecule has 0 aromatic heterocycles. The van der Waals surface area contributed by atoms with E-state index in [0.717, 1.165) is 22.3 Å². The normalized spacial score (nSPS) is 18.2. The van der Waals surface area contributed by atoms with Gasteiger partial charge in [-0.05, 0) is 41.5 Å². The Balaban J connectivity index is 1.44. The molecule has 1 aliphatic heterocycles. The number of rotatable bonds is 6. The SMILES string of the molecule is CC[C@H](NC(=O)[C@@H]1CCCN1C(=O)OCC1c2ccccc2-c2ccccc21)C(N)=O. The number of carbonyl (C=O) groups excluding carboxylic acids is 3. The Kier molecular flexibility index (Phi) is 5.93. The van der Waals surface area contributed by atoms with E-state index < -0.39 is 24.1 Å². The van der Waals surface area contributed by atoms with Crippen LogP contribution >= 0.6 is 0 Å². The van der Waals surface area contributed by atoms with Crippen LogP contribution in [0.15, 0.2) is 48.5 Å². The van der Waals surface area contributed by atoms with Gasteiger partial charge in [0.05, 0.1) is 0 Å². The molecule has 162 valence electrons. The zero-order chi connectivity index (χ0) is 22.0. The Hall–Kier alpha value is -3.35. The fourth-order valence-corrected chi connectivity index (χ4v) is 4.58. The van der Waals surface area contributed by atoms with Crippen LogP contribution in [-0.4, -0.2) is 48.0 Å². The highest BCUT2D eigenvalue weighted by atomic mass is 16.6. The highest BCUT2D eigenvalue weighted by Crippen LogP contribution is 2.44. The summed E-state index contributed by atoms with van der Waals surface area (Å²) in [7, 11) is 0. The minimum atomic E-state index is -0.738. The molecule has 1 aliphatic carbocycles. The van der Waals surface area contributed by atoms with Gasteiger partial charge in [0.1, 0.15) is 18.7 Å². The van der Waals surface area contributed by atoms with E-state index in [4.69, 9.17) is 10.5 Å². The molecule has 3 N–H and O–H groups in total. The third kappa shape index (κ3) is 4.00. The van der Waals surface area contributed by atoms with Crippen molar-refractivity contribution in [1.82, 2.24) is 10.2 Å². The lowest BCUT2D eigenvalue weighted by molar-refractivity contribution is -0.130. The number of nitrogens with zero attached hydrogens (tertiary/aromatic N) is 1. The summed E-state index contributed by atoms with van der Waals surface area (Å²) in [6.45, 7) is 2.42. The first-order valence-electron chi connectivity index (χ1n) is 10.7. The predicted molar refractivity (Wildman–Crippen MR) is 116 cm³/mol. The first kappa shape index (κ1) is 20.9. The molecule has 7 heteroatoms. The second-order valence-electron chi connectivity index (χ2n) is 8.03. The molecule has 1 heterocycles. The zero-order valence-electron chi connectivity index (χ0n) is 17.5. The molecule has 1 fully saturated rings. The Morgan fingerprint density at radius 3 is 2.29 bits per heavy atom. The van der Waals surface area contributed by atoms with Gasteiger partial charge in [-0.2, -0.15) is 0 Å². The van der Waals surface area contributed by atoms with Gasteiger partial charge in [0.2, 0.25) is 11.8 Å². The maximum atomic E-state index is 12.9. The van der Waals surface area contributed by atoms with Gasteiger partial charge in [0.15, 0.2) is 0 Å². The number of hydrogen-bond donors (Lipinski definition) is 2. The van der Waals surface area contributed by atoms with Gasteiger partial charge >= 0.3 is 6.09 Å². The van der Waals surface area contributed by atoms with E-state index >= 15 is 0 Å². The molecule has 7 nitrogen and oxygen atoms in total. The summed E-state index contributed by atoms with van der Waals surface area (Å²) in [6, 6.07) is 14.9. The van der Waals surface area contributed by atoms with E-state index in [1.54, 1.807) is 6.92 Å². The van der Waals surface area contributed by atoms with Crippen LogP contribution in [0.2, 0.25) is 0 Å². The molecule has 3 amide bonds. The van der Waals surface area contributed by atoms with Crippen LogP contribution in [0.1, 0.15) is 43.2 Å². The molecule has 0 unspecified atom stereocenters. The van der Waals surface area contributed by atoms with Crippen molar-refractivity contribution in [2.45, 2.75) is 44.2 Å². The summed E-state index contributed by atoms with van der Waals surface area (Å²) in [4.78, 5) is 38.4. The van der Waals surface area contributed by atoms with Crippen LogP contribution in [0, 0.1) is 0 Å². The van der Waals surface area contributed by atoms with Gasteiger partial charge in [-0.3, -0.25) is 14.5 Å². The number of primary amides is 1. The minimum absolute atomic E-state index is 0.0365. The van der Waals surface area contributed by atoms with Gasteiger partial charge in [-0.25, -0.2) is 4.79 Å². The quantitative estimate of drug-likeness (QED) is 0.749. The topological polar surface area (TPSA) is 102 Å². The van der Waals surface area contributed by atoms with Crippen LogP contribution < -0.4 is 11.1 Å². The van der Waals surface area contributed by atoms with E-state index in [9.17, 15) is 14.4 Å². The van der Waals surface area contributed by atoms with E-state index in [2.05, 4.69) is 29.6 Å². The summed E-state index contributed by atoms with van der Waals surface area (Å²) in [5, 5.41) is 2.65. The highest BCUT2D eigenvalue weighted by Gasteiger charge is 2.37. The number of carbonyl (C=O) groups is 3. The molecule has 2 aromatic carbocycles. The average molecular weight is 421 g/mol. The second-order valence-corrected chi connectivity index (χ2v) is 8.03. The van der Waals surface area contributed by atoms with Crippen molar-refractivity contribution in [3.63, 3.8) is 0 Å². The lowest BCUT2D eigenvalue weighted by Crippen LogP contribution is -2.52. The van der Waals surface area contributed by atoms with Crippen LogP contribution in [0.3, 0.4) is 0 Å². The summed E-state index contributed by atoms with van der Waals surface area (Å²) in [6.07, 6.45) is 1.13. The molecular formula is C24H27N3O4. The summed E-state index contributed by atoms with van der Waals surface area (Å²) in [5.41, 5.74) is 9.93. The summed E-state index contributed by atoms with van der Waals surface area (Å²) in [5.74, 6) is -0.983. The Bertz CT molecular complexity index is 960. The molecule has 2 aromatic rings. The standard InChI is InChI=1S/C24H27N3O4/c1-2-20(22(25)28)26-23(29)21-12-7-13-27(21)24(30)31-14-19-17-10-5-3-8-15(17)16-9-4-6-11-18(16)19/h3-6,8-11,19-21H,2,7,12-14H2,1H3,(H2,25,28)(H,26,29)/t20-,21-/m0/s1. The summed E-state index contributed by atoms with van der Waals surface area (Å²) >= 11 is 0. The molecule has 2 aliphatic rings. The maximum absolute atomic E-state index is 12.9. The molecule has 4 rings (SSSR count). The van der Waals surface area contributed by atoms with Gasteiger partial charge in [-0.1, -0.05) is 55.5 Å². The number of nitrogens with one attached hydrogen (secondary N) is 1. The fraction of sp³-hybridized carbons (Fsp3) is 0.375. The second kappa shape index (κ2) is 8.79. The van der Waals surface area contributed by atoms with E-state index in [1.807, 2.05) is 24.3 Å². The number of amides is 3. The van der Waals surface area contributed by atoms with Gasteiger partial charge in [0.25, 0.3) is 0 Å². The van der Waals surface area contributed by atoms with Gasteiger partial charge < -0.3 is 15.8 Å². The number of fused-ring (bicyclic) bond motifs is 3. The molecule has 31 heavy (non-hydrogen) atoms. The third-order valence-corrected chi connectivity index (χ3v) is 6.19. The van der Waals surface area contributed by atoms with Crippen molar-refractivity contribution in [3.8, 4) is 11.1 Å². The van der Waals surface area contributed by atoms with Crippen molar-refractivity contribution in [2.75, 3.05) is 13.2 Å². The van der Waals surface area contributed by atoms with Crippen molar-refractivity contribution < 1.29 is 19.1 Å². The highest BCUT2D eigenvalue weighted by molar-refractivity contribution is 5.91. The number of ether oxygens (including phenoxy) is 1. The lowest BCUT2D eigenvalue weighted by atomic mass is 9.98. The number of hydrogen-bond acceptors (Lipinski definition) is 4. The molecule has 0 bridgehead atoms. The minimum Gasteiger partial charge on any atom is -0.448 e. The van der Waals surface area contributed by atoms with E-state index in [1.165, 1.54) is 4.90 Å². The Labute approximate surface area is 181 Å². The zero-order valence-corrected chi connectivity index (χ0v) is 17.5. The van der Waals surface area contributed by atoms with Crippen LogP contribution in [0.5, 0.6) is 0 Å². The predicted octanol–water partition coefficient (Wildman–Crippen LogP) is 2.78. The van der Waals surface area contributed by atoms with Crippen molar-refractivity contribution in [3.05, 3.63) is 59.7 Å². The molecular weight excluding hydrogens is 394 g/mol. The Morgan fingerprint density at radius 2 is 1.71 bits per heavy atom. The van der Waals surface area contributed by atoms with Gasteiger partial charge in [0, 0.05) is 12.5 Å². The molecule has 0 radical (unpaired) electrons. The number of likely N-dealkylation sites (tertiary alicyclic amines) is 1. The first-order chi connectivity index (χ1) is 15.0. The summed E-state index contributed by atoms with van der Waals surface area (Å²) < 4.78 is 5.70. The lowest BCUT2D eigenvalue weighted by Gasteiger charge is -2.25. The van der Waals surface area contributed by atoms with Crippen LogP contribution in [-0.2, 0) is 14.3 Å².